The van der Waals surface area contributed by atoms with E-state index in [0.717, 1.165) is 25.3 Å². The number of rotatable bonds is 2. The van der Waals surface area contributed by atoms with Crippen LogP contribution in [0.4, 0.5) is 0 Å². The Labute approximate surface area is 79.3 Å². The first-order valence-electron chi connectivity index (χ1n) is 5.30. The van der Waals surface area contributed by atoms with E-state index in [4.69, 9.17) is 5.73 Å². The van der Waals surface area contributed by atoms with Gasteiger partial charge in [-0.1, -0.05) is 13.3 Å². The second-order valence-electron chi connectivity index (χ2n) is 4.25. The predicted octanol–water partition coefficient (Wildman–Crippen LogP) is 0.735. The first-order valence-corrected chi connectivity index (χ1v) is 5.30. The van der Waals surface area contributed by atoms with Gasteiger partial charge in [0, 0.05) is 12.6 Å². The second kappa shape index (κ2) is 3.29. The third kappa shape index (κ3) is 1.57. The summed E-state index contributed by atoms with van der Waals surface area (Å²) in [5, 5.41) is 0. The van der Waals surface area contributed by atoms with Crippen molar-refractivity contribution in [1.29, 1.82) is 0 Å². The molecule has 2 N–H and O–H groups in total. The van der Waals surface area contributed by atoms with Crippen LogP contribution in [0.2, 0.25) is 0 Å². The van der Waals surface area contributed by atoms with E-state index in [2.05, 4.69) is 6.92 Å². The molecule has 1 saturated heterocycles. The van der Waals surface area contributed by atoms with E-state index in [1.54, 1.807) is 0 Å². The fraction of sp³-hybridized carbons (Fsp3) is 0.900. The second-order valence-corrected chi connectivity index (χ2v) is 4.25. The Hall–Kier alpha value is -0.570. The SMILES string of the molecule is CCC1CC1N1CCCC(N)C1=O. The molecule has 3 atom stereocenters. The standard InChI is InChI=1S/C10H18N2O/c1-2-7-6-9(7)12-5-3-4-8(11)10(12)13/h7-9H,2-6,11H2,1H3. The van der Waals surface area contributed by atoms with E-state index in [9.17, 15) is 4.79 Å². The molecule has 1 aliphatic carbocycles. The van der Waals surface area contributed by atoms with Crippen LogP contribution < -0.4 is 5.73 Å². The summed E-state index contributed by atoms with van der Waals surface area (Å²) in [6.07, 6.45) is 4.36. The summed E-state index contributed by atoms with van der Waals surface area (Å²) >= 11 is 0. The molecule has 74 valence electrons. The van der Waals surface area contributed by atoms with Crippen LogP contribution in [0.3, 0.4) is 0 Å². The van der Waals surface area contributed by atoms with Crippen LogP contribution in [0.1, 0.15) is 32.6 Å². The van der Waals surface area contributed by atoms with Gasteiger partial charge in [0.25, 0.3) is 0 Å². The Morgan fingerprint density at radius 1 is 1.62 bits per heavy atom. The van der Waals surface area contributed by atoms with Gasteiger partial charge in [0.15, 0.2) is 0 Å². The van der Waals surface area contributed by atoms with E-state index >= 15 is 0 Å². The molecule has 0 bridgehead atoms. The molecule has 3 unspecified atom stereocenters. The van der Waals surface area contributed by atoms with Gasteiger partial charge < -0.3 is 10.6 Å². The number of carbonyl (C=O) groups is 1. The van der Waals surface area contributed by atoms with Gasteiger partial charge >= 0.3 is 0 Å². The molecule has 13 heavy (non-hydrogen) atoms. The summed E-state index contributed by atoms with van der Waals surface area (Å²) in [4.78, 5) is 13.7. The molecule has 2 aliphatic rings. The molecule has 0 radical (unpaired) electrons. The number of carbonyl (C=O) groups excluding carboxylic acids is 1. The topological polar surface area (TPSA) is 46.3 Å². The van der Waals surface area contributed by atoms with Gasteiger partial charge in [-0.05, 0) is 25.2 Å². The molecular weight excluding hydrogens is 164 g/mol. The van der Waals surface area contributed by atoms with Crippen LogP contribution in [0.5, 0.6) is 0 Å². The van der Waals surface area contributed by atoms with Gasteiger partial charge in [0.1, 0.15) is 0 Å². The Balaban J connectivity index is 1.95. The number of hydrogen-bond donors (Lipinski definition) is 1. The fourth-order valence-corrected chi connectivity index (χ4v) is 2.31. The molecule has 2 rings (SSSR count). The number of nitrogens with zero attached hydrogens (tertiary/aromatic N) is 1. The molecule has 0 aromatic carbocycles. The van der Waals surface area contributed by atoms with Crippen molar-refractivity contribution in [3.05, 3.63) is 0 Å². The third-order valence-electron chi connectivity index (χ3n) is 3.32. The molecule has 0 spiro atoms. The van der Waals surface area contributed by atoms with E-state index < -0.39 is 0 Å². The van der Waals surface area contributed by atoms with Crippen LogP contribution in [-0.4, -0.2) is 29.4 Å². The zero-order valence-electron chi connectivity index (χ0n) is 8.20. The van der Waals surface area contributed by atoms with Crippen molar-refractivity contribution >= 4 is 5.91 Å². The fourth-order valence-electron chi connectivity index (χ4n) is 2.31. The molecule has 3 nitrogen and oxygen atoms in total. The summed E-state index contributed by atoms with van der Waals surface area (Å²) in [6, 6.07) is 0.315. The first kappa shape index (κ1) is 9.00. The van der Waals surface area contributed by atoms with Crippen LogP contribution in [-0.2, 0) is 4.79 Å². The highest BCUT2D eigenvalue weighted by Crippen LogP contribution is 2.39. The molecule has 1 amide bonds. The molecule has 1 aliphatic heterocycles. The highest BCUT2D eigenvalue weighted by atomic mass is 16.2. The summed E-state index contributed by atoms with van der Waals surface area (Å²) < 4.78 is 0. The van der Waals surface area contributed by atoms with E-state index in [1.807, 2.05) is 4.90 Å². The summed E-state index contributed by atoms with van der Waals surface area (Å²) in [5.74, 6) is 0.946. The Morgan fingerprint density at radius 2 is 2.38 bits per heavy atom. The lowest BCUT2D eigenvalue weighted by atomic mass is 10.1. The van der Waals surface area contributed by atoms with Crippen molar-refractivity contribution in [2.45, 2.75) is 44.7 Å². The molecule has 2 fully saturated rings. The first-order chi connectivity index (χ1) is 6.24. The molecule has 0 aromatic heterocycles. The van der Waals surface area contributed by atoms with Gasteiger partial charge in [-0.25, -0.2) is 0 Å². The van der Waals surface area contributed by atoms with Crippen molar-refractivity contribution in [1.82, 2.24) is 4.90 Å². The predicted molar refractivity (Wildman–Crippen MR) is 51.1 cm³/mol. The minimum Gasteiger partial charge on any atom is -0.338 e. The lowest BCUT2D eigenvalue weighted by Crippen LogP contribution is -2.49. The van der Waals surface area contributed by atoms with Gasteiger partial charge in [-0.15, -0.1) is 0 Å². The Bertz CT molecular complexity index is 217. The average Bonchev–Trinajstić information content (AvgIpc) is 2.89. The highest BCUT2D eigenvalue weighted by molar-refractivity contribution is 5.83. The molecule has 0 aromatic rings. The minimum atomic E-state index is -0.216. The van der Waals surface area contributed by atoms with E-state index in [0.29, 0.717) is 6.04 Å². The van der Waals surface area contributed by atoms with Gasteiger partial charge in [-0.2, -0.15) is 0 Å². The maximum atomic E-state index is 11.7. The lowest BCUT2D eigenvalue weighted by molar-refractivity contribution is -0.135. The van der Waals surface area contributed by atoms with Crippen molar-refractivity contribution in [3.8, 4) is 0 Å². The zero-order valence-corrected chi connectivity index (χ0v) is 8.20. The number of piperidine rings is 1. The van der Waals surface area contributed by atoms with Gasteiger partial charge in [0.2, 0.25) is 5.91 Å². The largest absolute Gasteiger partial charge is 0.338 e. The van der Waals surface area contributed by atoms with E-state index in [-0.39, 0.29) is 11.9 Å². The van der Waals surface area contributed by atoms with Crippen molar-refractivity contribution in [2.75, 3.05) is 6.54 Å². The lowest BCUT2D eigenvalue weighted by Gasteiger charge is -2.31. The summed E-state index contributed by atoms with van der Waals surface area (Å²) in [5.41, 5.74) is 5.73. The van der Waals surface area contributed by atoms with Crippen molar-refractivity contribution in [2.24, 2.45) is 11.7 Å². The summed E-state index contributed by atoms with van der Waals surface area (Å²) in [7, 11) is 0. The normalized spacial score (nSPS) is 39.4. The molecule has 1 heterocycles. The quantitative estimate of drug-likeness (QED) is 0.684. The monoisotopic (exact) mass is 182 g/mol. The number of amides is 1. The van der Waals surface area contributed by atoms with Crippen molar-refractivity contribution in [3.63, 3.8) is 0 Å². The minimum absolute atomic E-state index is 0.187. The smallest absolute Gasteiger partial charge is 0.239 e. The number of nitrogens with two attached hydrogens (primary N) is 1. The molecule has 1 saturated carbocycles. The maximum absolute atomic E-state index is 11.7. The third-order valence-corrected chi connectivity index (χ3v) is 3.32. The molecular formula is C10H18N2O. The number of likely N-dealkylation sites (tertiary alicyclic amines) is 1. The maximum Gasteiger partial charge on any atom is 0.239 e. The highest BCUT2D eigenvalue weighted by Gasteiger charge is 2.44. The van der Waals surface area contributed by atoms with Crippen LogP contribution in [0, 0.1) is 5.92 Å². The van der Waals surface area contributed by atoms with Gasteiger partial charge in [0.05, 0.1) is 6.04 Å². The number of hydrogen-bond acceptors (Lipinski definition) is 2. The van der Waals surface area contributed by atoms with Crippen LogP contribution in [0.15, 0.2) is 0 Å². The summed E-state index contributed by atoms with van der Waals surface area (Å²) in [6.45, 7) is 3.13. The van der Waals surface area contributed by atoms with E-state index in [1.165, 1.54) is 12.8 Å². The Morgan fingerprint density at radius 3 is 3.00 bits per heavy atom. The van der Waals surface area contributed by atoms with Crippen molar-refractivity contribution < 1.29 is 4.79 Å². The van der Waals surface area contributed by atoms with Crippen LogP contribution in [0.25, 0.3) is 0 Å². The molecule has 3 heteroatoms. The van der Waals surface area contributed by atoms with Gasteiger partial charge in [-0.3, -0.25) is 4.79 Å². The average molecular weight is 182 g/mol. The Kier molecular flexibility index (Phi) is 2.28. The van der Waals surface area contributed by atoms with Crippen LogP contribution >= 0.6 is 0 Å². The zero-order chi connectivity index (χ0) is 9.42.